The topological polar surface area (TPSA) is 113 Å². The number of aliphatic carboxylic acids is 1. The fourth-order valence-corrected chi connectivity index (χ4v) is 3.96. The van der Waals surface area contributed by atoms with E-state index in [0.29, 0.717) is 5.56 Å². The molecule has 0 spiro atoms. The SMILES string of the molecule is O=C(O)CC(NC(=O)c1cccc(NS(=O)(=O)c2ccccc2)c1)c1ccccc1. The zero-order valence-corrected chi connectivity index (χ0v) is 16.7. The largest absolute Gasteiger partial charge is 0.481 e. The molecule has 7 nitrogen and oxygen atoms in total. The van der Waals surface area contributed by atoms with Crippen LogP contribution < -0.4 is 10.0 Å². The minimum Gasteiger partial charge on any atom is -0.481 e. The third kappa shape index (κ3) is 5.45. The predicted octanol–water partition coefficient (Wildman–Crippen LogP) is 3.43. The van der Waals surface area contributed by atoms with Gasteiger partial charge in [0.15, 0.2) is 0 Å². The Morgan fingerprint density at radius 3 is 2.13 bits per heavy atom. The molecule has 0 aliphatic rings. The van der Waals surface area contributed by atoms with Crippen LogP contribution in [-0.4, -0.2) is 25.4 Å². The lowest BCUT2D eigenvalue weighted by molar-refractivity contribution is -0.137. The quantitative estimate of drug-likeness (QED) is 0.513. The van der Waals surface area contributed by atoms with E-state index in [9.17, 15) is 23.1 Å². The van der Waals surface area contributed by atoms with Crippen LogP contribution in [0.2, 0.25) is 0 Å². The minimum atomic E-state index is -3.80. The van der Waals surface area contributed by atoms with Gasteiger partial charge in [-0.25, -0.2) is 8.42 Å². The molecule has 1 amide bonds. The van der Waals surface area contributed by atoms with E-state index in [2.05, 4.69) is 10.0 Å². The first-order chi connectivity index (χ1) is 14.3. The van der Waals surface area contributed by atoms with Gasteiger partial charge in [0.1, 0.15) is 0 Å². The van der Waals surface area contributed by atoms with Gasteiger partial charge >= 0.3 is 5.97 Å². The number of carboxylic acid groups (broad SMARTS) is 1. The first-order valence-electron chi connectivity index (χ1n) is 9.11. The molecule has 3 aromatic rings. The molecule has 0 radical (unpaired) electrons. The number of sulfonamides is 1. The van der Waals surface area contributed by atoms with E-state index in [1.807, 2.05) is 0 Å². The fraction of sp³-hybridized carbons (Fsp3) is 0.0909. The van der Waals surface area contributed by atoms with E-state index in [4.69, 9.17) is 0 Å². The van der Waals surface area contributed by atoms with Gasteiger partial charge in [0.25, 0.3) is 15.9 Å². The van der Waals surface area contributed by atoms with Crippen molar-refractivity contribution in [2.24, 2.45) is 0 Å². The lowest BCUT2D eigenvalue weighted by Crippen LogP contribution is -2.30. The maximum atomic E-state index is 12.7. The van der Waals surface area contributed by atoms with Crippen LogP contribution in [0.5, 0.6) is 0 Å². The van der Waals surface area contributed by atoms with Gasteiger partial charge < -0.3 is 10.4 Å². The van der Waals surface area contributed by atoms with E-state index in [-0.39, 0.29) is 22.6 Å². The van der Waals surface area contributed by atoms with Crippen molar-refractivity contribution in [3.8, 4) is 0 Å². The van der Waals surface area contributed by atoms with Crippen LogP contribution >= 0.6 is 0 Å². The Bertz CT molecular complexity index is 1130. The highest BCUT2D eigenvalue weighted by molar-refractivity contribution is 7.92. The highest BCUT2D eigenvalue weighted by Gasteiger charge is 2.20. The van der Waals surface area contributed by atoms with Crippen LogP contribution in [0.1, 0.15) is 28.4 Å². The first-order valence-corrected chi connectivity index (χ1v) is 10.6. The number of anilines is 1. The van der Waals surface area contributed by atoms with E-state index < -0.39 is 27.9 Å². The summed E-state index contributed by atoms with van der Waals surface area (Å²) in [5.41, 5.74) is 1.09. The number of carboxylic acids is 1. The summed E-state index contributed by atoms with van der Waals surface area (Å²) < 4.78 is 27.4. The fourth-order valence-electron chi connectivity index (χ4n) is 2.89. The Kier molecular flexibility index (Phi) is 6.48. The molecule has 0 aliphatic carbocycles. The Morgan fingerprint density at radius 1 is 0.867 bits per heavy atom. The summed E-state index contributed by atoms with van der Waals surface area (Å²) >= 11 is 0. The second-order valence-electron chi connectivity index (χ2n) is 6.53. The molecule has 0 heterocycles. The Labute approximate surface area is 174 Å². The monoisotopic (exact) mass is 424 g/mol. The molecule has 0 saturated heterocycles. The van der Waals surface area contributed by atoms with Crippen molar-refractivity contribution in [1.29, 1.82) is 0 Å². The zero-order chi connectivity index (χ0) is 21.6. The van der Waals surface area contributed by atoms with E-state index in [1.54, 1.807) is 54.6 Å². The number of rotatable bonds is 8. The summed E-state index contributed by atoms with van der Waals surface area (Å²) in [6.45, 7) is 0. The second kappa shape index (κ2) is 9.23. The van der Waals surface area contributed by atoms with Gasteiger partial charge in [-0.05, 0) is 35.9 Å². The molecular weight excluding hydrogens is 404 g/mol. The highest BCUT2D eigenvalue weighted by atomic mass is 32.2. The predicted molar refractivity (Wildman–Crippen MR) is 113 cm³/mol. The number of amides is 1. The van der Waals surface area contributed by atoms with Crippen LogP contribution in [-0.2, 0) is 14.8 Å². The Hall–Kier alpha value is -3.65. The maximum absolute atomic E-state index is 12.7. The van der Waals surface area contributed by atoms with E-state index in [0.717, 1.165) is 0 Å². The minimum absolute atomic E-state index is 0.102. The Morgan fingerprint density at radius 2 is 1.50 bits per heavy atom. The lowest BCUT2D eigenvalue weighted by Gasteiger charge is -2.18. The first kappa shape index (κ1) is 21.1. The molecular formula is C22H20N2O5S. The Balaban J connectivity index is 1.79. The summed E-state index contributed by atoms with van der Waals surface area (Å²) in [4.78, 5) is 24.0. The van der Waals surface area contributed by atoms with Crippen molar-refractivity contribution in [3.63, 3.8) is 0 Å². The summed E-state index contributed by atoms with van der Waals surface area (Å²) in [6, 6.07) is 21.9. The van der Waals surface area contributed by atoms with Crippen molar-refractivity contribution < 1.29 is 23.1 Å². The van der Waals surface area contributed by atoms with Crippen LogP contribution in [0.4, 0.5) is 5.69 Å². The number of hydrogen-bond donors (Lipinski definition) is 3. The molecule has 0 bridgehead atoms. The number of hydrogen-bond acceptors (Lipinski definition) is 4. The van der Waals surface area contributed by atoms with Crippen molar-refractivity contribution >= 4 is 27.6 Å². The molecule has 1 unspecified atom stereocenters. The van der Waals surface area contributed by atoms with Gasteiger partial charge in [0, 0.05) is 11.3 Å². The van der Waals surface area contributed by atoms with Gasteiger partial charge in [-0.15, -0.1) is 0 Å². The lowest BCUT2D eigenvalue weighted by atomic mass is 10.0. The van der Waals surface area contributed by atoms with Crippen LogP contribution in [0, 0.1) is 0 Å². The van der Waals surface area contributed by atoms with Crippen molar-refractivity contribution in [2.45, 2.75) is 17.4 Å². The van der Waals surface area contributed by atoms with E-state index >= 15 is 0 Å². The zero-order valence-electron chi connectivity index (χ0n) is 15.9. The molecule has 3 rings (SSSR count). The van der Waals surface area contributed by atoms with Crippen molar-refractivity contribution in [2.75, 3.05) is 4.72 Å². The van der Waals surface area contributed by atoms with Gasteiger partial charge in [-0.1, -0.05) is 54.6 Å². The van der Waals surface area contributed by atoms with Crippen LogP contribution in [0.3, 0.4) is 0 Å². The van der Waals surface area contributed by atoms with Crippen molar-refractivity contribution in [1.82, 2.24) is 5.32 Å². The number of carbonyl (C=O) groups excluding carboxylic acids is 1. The number of benzene rings is 3. The highest BCUT2D eigenvalue weighted by Crippen LogP contribution is 2.20. The molecule has 30 heavy (non-hydrogen) atoms. The summed E-state index contributed by atoms with van der Waals surface area (Å²) in [7, 11) is -3.80. The van der Waals surface area contributed by atoms with Crippen LogP contribution in [0.25, 0.3) is 0 Å². The molecule has 3 aromatic carbocycles. The van der Waals surface area contributed by atoms with Crippen LogP contribution in [0.15, 0.2) is 89.8 Å². The molecule has 0 fully saturated rings. The summed E-state index contributed by atoms with van der Waals surface area (Å²) in [5.74, 6) is -1.56. The maximum Gasteiger partial charge on any atom is 0.305 e. The summed E-state index contributed by atoms with van der Waals surface area (Å²) in [5, 5.41) is 11.9. The third-order valence-corrected chi connectivity index (χ3v) is 5.71. The molecule has 154 valence electrons. The van der Waals surface area contributed by atoms with Gasteiger partial charge in [0.05, 0.1) is 17.4 Å². The normalized spacial score (nSPS) is 12.0. The number of nitrogens with one attached hydrogen (secondary N) is 2. The van der Waals surface area contributed by atoms with Crippen molar-refractivity contribution in [3.05, 3.63) is 96.1 Å². The average molecular weight is 424 g/mol. The summed E-state index contributed by atoms with van der Waals surface area (Å²) in [6.07, 6.45) is -0.282. The van der Waals surface area contributed by atoms with Gasteiger partial charge in [-0.3, -0.25) is 14.3 Å². The molecule has 0 aliphatic heterocycles. The van der Waals surface area contributed by atoms with E-state index in [1.165, 1.54) is 30.3 Å². The molecule has 0 saturated carbocycles. The molecule has 1 atom stereocenters. The molecule has 0 aromatic heterocycles. The average Bonchev–Trinajstić information content (AvgIpc) is 2.74. The number of carbonyl (C=O) groups is 2. The molecule has 8 heteroatoms. The van der Waals surface area contributed by atoms with Gasteiger partial charge in [0.2, 0.25) is 0 Å². The smallest absolute Gasteiger partial charge is 0.305 e. The third-order valence-electron chi connectivity index (χ3n) is 4.32. The molecule has 3 N–H and O–H groups in total. The standard InChI is InChI=1S/C22H20N2O5S/c25-21(26)15-20(16-8-3-1-4-9-16)23-22(27)17-10-7-11-18(14-17)24-30(28,29)19-12-5-2-6-13-19/h1-14,20,24H,15H2,(H,23,27)(H,25,26). The second-order valence-corrected chi connectivity index (χ2v) is 8.22. The van der Waals surface area contributed by atoms with Gasteiger partial charge in [-0.2, -0.15) is 0 Å².